The lowest BCUT2D eigenvalue weighted by molar-refractivity contribution is -0.266. The van der Waals surface area contributed by atoms with Crippen molar-refractivity contribution in [3.63, 3.8) is 0 Å². The number of benzene rings is 1. The lowest BCUT2D eigenvalue weighted by atomic mass is 9.95. The Hall–Kier alpha value is -0.720. The highest BCUT2D eigenvalue weighted by Crippen LogP contribution is 2.57. The van der Waals surface area contributed by atoms with E-state index in [1.54, 1.807) is 0 Å². The third kappa shape index (κ3) is 1.58. The van der Waals surface area contributed by atoms with Gasteiger partial charge in [0.05, 0.1) is 0 Å². The summed E-state index contributed by atoms with van der Waals surface area (Å²) in [5.41, 5.74) is -4.48. The molecule has 94 valence electrons. The van der Waals surface area contributed by atoms with E-state index in [1.807, 2.05) is 0 Å². The van der Waals surface area contributed by atoms with Crippen molar-refractivity contribution in [2.75, 3.05) is 5.32 Å². The highest BCUT2D eigenvalue weighted by atomic mass is 35.5. The van der Waals surface area contributed by atoms with Gasteiger partial charge in [-0.15, -0.1) is 0 Å². The van der Waals surface area contributed by atoms with E-state index in [0.29, 0.717) is 6.07 Å². The molecule has 1 aromatic rings. The van der Waals surface area contributed by atoms with Gasteiger partial charge in [0.2, 0.25) is 10.1 Å². The van der Waals surface area contributed by atoms with Crippen molar-refractivity contribution in [2.24, 2.45) is 0 Å². The van der Waals surface area contributed by atoms with E-state index in [0.717, 1.165) is 12.1 Å². The predicted molar refractivity (Wildman–Crippen MR) is 54.4 cm³/mol. The summed E-state index contributed by atoms with van der Waals surface area (Å²) in [6.07, 6.45) is -5.15. The van der Waals surface area contributed by atoms with Crippen molar-refractivity contribution in [1.29, 1.82) is 0 Å². The van der Waals surface area contributed by atoms with Crippen LogP contribution >= 0.6 is 23.2 Å². The lowest BCUT2D eigenvalue weighted by Crippen LogP contribution is -2.54. The maximum absolute atomic E-state index is 13.0. The van der Waals surface area contributed by atoms with Crippen molar-refractivity contribution >= 4 is 28.9 Å². The number of alkyl halides is 5. The molecule has 0 bridgehead atoms. The van der Waals surface area contributed by atoms with E-state index >= 15 is 0 Å². The Morgan fingerprint density at radius 2 is 1.82 bits per heavy atom. The Kier molecular flexibility index (Phi) is 2.54. The summed E-state index contributed by atoms with van der Waals surface area (Å²) >= 11 is 10.9. The third-order valence-corrected chi connectivity index (χ3v) is 3.26. The van der Waals surface area contributed by atoms with Crippen LogP contribution in [0.1, 0.15) is 5.56 Å². The second kappa shape index (κ2) is 3.40. The van der Waals surface area contributed by atoms with Gasteiger partial charge in [-0.3, -0.25) is 0 Å². The molecule has 0 saturated heterocycles. The number of fused-ring (bicyclic) bond motifs is 1. The van der Waals surface area contributed by atoms with Gasteiger partial charge in [0.25, 0.3) is 0 Å². The van der Waals surface area contributed by atoms with Crippen molar-refractivity contribution in [2.45, 2.75) is 16.2 Å². The number of hydrogen-bond donors (Lipinski definition) is 2. The van der Waals surface area contributed by atoms with Crippen molar-refractivity contribution in [3.8, 4) is 0 Å². The zero-order chi connectivity index (χ0) is 13.1. The van der Waals surface area contributed by atoms with Crippen LogP contribution in [-0.4, -0.2) is 15.7 Å². The molecule has 1 atom stereocenters. The Balaban J connectivity index is 2.71. The molecular weight excluding hydrogens is 285 g/mol. The van der Waals surface area contributed by atoms with Crippen LogP contribution in [0.15, 0.2) is 18.2 Å². The summed E-state index contributed by atoms with van der Waals surface area (Å²) in [6, 6.07) is 2.49. The molecule has 17 heavy (non-hydrogen) atoms. The van der Waals surface area contributed by atoms with Crippen molar-refractivity contribution in [1.82, 2.24) is 0 Å². The van der Waals surface area contributed by atoms with Crippen LogP contribution < -0.4 is 5.32 Å². The number of rotatable bonds is 0. The first-order valence-electron chi connectivity index (χ1n) is 4.35. The molecule has 0 spiro atoms. The van der Waals surface area contributed by atoms with Crippen molar-refractivity contribution < 1.29 is 22.7 Å². The Labute approximate surface area is 103 Å². The molecule has 0 amide bonds. The van der Waals surface area contributed by atoms with Gasteiger partial charge in [0.15, 0.2) is 0 Å². The van der Waals surface area contributed by atoms with Crippen molar-refractivity contribution in [3.05, 3.63) is 29.6 Å². The number of hydrogen-bond acceptors (Lipinski definition) is 2. The van der Waals surface area contributed by atoms with Gasteiger partial charge >= 0.3 is 6.18 Å². The van der Waals surface area contributed by atoms with E-state index in [-0.39, 0.29) is 5.69 Å². The minimum absolute atomic E-state index is 0.170. The van der Waals surface area contributed by atoms with Gasteiger partial charge in [-0.05, 0) is 18.2 Å². The van der Waals surface area contributed by atoms with Crippen LogP contribution in [0.5, 0.6) is 0 Å². The number of anilines is 1. The molecule has 1 heterocycles. The molecule has 0 saturated carbocycles. The molecule has 1 aromatic carbocycles. The largest absolute Gasteiger partial charge is 0.426 e. The van der Waals surface area contributed by atoms with Gasteiger partial charge in [0.1, 0.15) is 5.82 Å². The fourth-order valence-corrected chi connectivity index (χ4v) is 2.31. The first kappa shape index (κ1) is 12.7. The minimum atomic E-state index is -5.15. The second-order valence-corrected chi connectivity index (χ2v) is 4.92. The smallest absolute Gasteiger partial charge is 0.373 e. The first-order valence-corrected chi connectivity index (χ1v) is 5.10. The standard InChI is InChI=1S/C9H5Cl2F4NO/c10-8(11)7(17,9(13,14)15)5-3-4(12)1-2-6(5)16-8/h1-3,16-17H. The zero-order valence-corrected chi connectivity index (χ0v) is 9.46. The summed E-state index contributed by atoms with van der Waals surface area (Å²) in [6.45, 7) is 0. The van der Waals surface area contributed by atoms with E-state index < -0.39 is 27.6 Å². The molecule has 0 aromatic heterocycles. The molecule has 2 rings (SSSR count). The molecule has 1 unspecified atom stereocenters. The topological polar surface area (TPSA) is 32.3 Å². The number of nitrogens with one attached hydrogen (secondary N) is 1. The zero-order valence-electron chi connectivity index (χ0n) is 7.95. The Morgan fingerprint density at radius 1 is 1.24 bits per heavy atom. The SMILES string of the molecule is OC1(C(F)(F)F)c2cc(F)ccc2NC1(Cl)Cl. The predicted octanol–water partition coefficient (Wildman–Crippen LogP) is 3.13. The normalized spacial score (nSPS) is 26.5. The molecule has 0 aliphatic carbocycles. The Morgan fingerprint density at radius 3 is 2.35 bits per heavy atom. The monoisotopic (exact) mass is 289 g/mol. The summed E-state index contributed by atoms with van der Waals surface area (Å²) < 4.78 is 48.9. The second-order valence-electron chi connectivity index (χ2n) is 3.60. The van der Waals surface area contributed by atoms with E-state index in [9.17, 15) is 22.7 Å². The van der Waals surface area contributed by atoms with Gasteiger partial charge in [-0.25, -0.2) is 4.39 Å². The third-order valence-electron chi connectivity index (χ3n) is 2.53. The summed E-state index contributed by atoms with van der Waals surface area (Å²) in [7, 11) is 0. The van der Waals surface area contributed by atoms with Gasteiger partial charge < -0.3 is 10.4 Å². The molecule has 1 aliphatic rings. The fraction of sp³-hybridized carbons (Fsp3) is 0.333. The molecule has 2 nitrogen and oxygen atoms in total. The first-order chi connectivity index (χ1) is 7.59. The highest BCUT2D eigenvalue weighted by Gasteiger charge is 2.71. The minimum Gasteiger partial charge on any atom is -0.373 e. The lowest BCUT2D eigenvalue weighted by Gasteiger charge is -2.34. The fourth-order valence-electron chi connectivity index (χ4n) is 1.68. The maximum Gasteiger partial charge on any atom is 0.426 e. The van der Waals surface area contributed by atoms with Gasteiger partial charge in [-0.1, -0.05) is 23.2 Å². The Bertz CT molecular complexity index is 477. The molecule has 0 radical (unpaired) electrons. The number of halogens is 6. The van der Waals surface area contributed by atoms with Crippen LogP contribution in [0.2, 0.25) is 0 Å². The summed E-state index contributed by atoms with van der Waals surface area (Å²) in [5.74, 6) is -0.931. The van der Waals surface area contributed by atoms with Gasteiger partial charge in [0, 0.05) is 11.3 Å². The van der Waals surface area contributed by atoms with Crippen LogP contribution in [0.4, 0.5) is 23.2 Å². The molecule has 1 aliphatic heterocycles. The van der Waals surface area contributed by atoms with Crippen LogP contribution in [0, 0.1) is 5.82 Å². The summed E-state index contributed by atoms with van der Waals surface area (Å²) in [5, 5.41) is 11.8. The van der Waals surface area contributed by atoms with Crippen LogP contribution in [0.3, 0.4) is 0 Å². The van der Waals surface area contributed by atoms with E-state index in [1.165, 1.54) is 0 Å². The number of aliphatic hydroxyl groups is 1. The summed E-state index contributed by atoms with van der Waals surface area (Å²) in [4.78, 5) is 0. The quantitative estimate of drug-likeness (QED) is 0.437. The molecular formula is C9H5Cl2F4NO. The van der Waals surface area contributed by atoms with Gasteiger partial charge in [-0.2, -0.15) is 13.2 Å². The maximum atomic E-state index is 13.0. The van der Waals surface area contributed by atoms with Crippen LogP contribution in [-0.2, 0) is 5.60 Å². The average molecular weight is 290 g/mol. The van der Waals surface area contributed by atoms with E-state index in [2.05, 4.69) is 5.32 Å². The molecule has 2 N–H and O–H groups in total. The highest BCUT2D eigenvalue weighted by molar-refractivity contribution is 6.51. The van der Waals surface area contributed by atoms with E-state index in [4.69, 9.17) is 23.2 Å². The average Bonchev–Trinajstić information content (AvgIpc) is 2.36. The molecule has 0 fully saturated rings. The molecule has 8 heteroatoms. The van der Waals surface area contributed by atoms with Crippen LogP contribution in [0.25, 0.3) is 0 Å².